The number of halogens is 2. The van der Waals surface area contributed by atoms with Crippen LogP contribution in [0.2, 0.25) is 0 Å². The number of benzene rings is 2. The molecular weight excluding hydrogens is 500 g/mol. The minimum Gasteiger partial charge on any atom is -0.340 e. The van der Waals surface area contributed by atoms with Crippen LogP contribution in [-0.2, 0) is 13.1 Å². The molecule has 1 saturated carbocycles. The first kappa shape index (κ1) is 23.7. The molecule has 1 fully saturated rings. The van der Waals surface area contributed by atoms with E-state index in [1.165, 1.54) is 4.57 Å². The van der Waals surface area contributed by atoms with Crippen LogP contribution in [0.25, 0.3) is 33.3 Å². The highest BCUT2D eigenvalue weighted by molar-refractivity contribution is 5.92. The Morgan fingerprint density at radius 3 is 2.51 bits per heavy atom. The van der Waals surface area contributed by atoms with E-state index in [1.807, 2.05) is 48.7 Å². The van der Waals surface area contributed by atoms with Crippen LogP contribution in [0.5, 0.6) is 0 Å². The fourth-order valence-corrected chi connectivity index (χ4v) is 5.39. The third-order valence-corrected chi connectivity index (χ3v) is 7.51. The Hall–Kier alpha value is -4.44. The summed E-state index contributed by atoms with van der Waals surface area (Å²) in [7, 11) is 2.05. The van der Waals surface area contributed by atoms with Crippen molar-refractivity contribution in [1.82, 2.24) is 29.6 Å². The van der Waals surface area contributed by atoms with Crippen LogP contribution in [0.1, 0.15) is 28.9 Å². The second-order valence-corrected chi connectivity index (χ2v) is 10.5. The molecule has 1 aliphatic heterocycles. The molecule has 39 heavy (non-hydrogen) atoms. The number of carbonyl (C=O) groups is 1. The molecule has 196 valence electrons. The molecule has 4 heterocycles. The van der Waals surface area contributed by atoms with Gasteiger partial charge in [-0.1, -0.05) is 24.3 Å². The van der Waals surface area contributed by atoms with Gasteiger partial charge in [-0.15, -0.1) is 0 Å². The lowest BCUT2D eigenvalue weighted by Crippen LogP contribution is -2.41. The maximum Gasteiger partial charge on any atom is 0.249 e. The molecule has 5 aromatic rings. The zero-order chi connectivity index (χ0) is 26.7. The summed E-state index contributed by atoms with van der Waals surface area (Å²) in [5, 5.41) is 12.0. The highest BCUT2D eigenvalue weighted by Gasteiger charge is 2.49. The highest BCUT2D eigenvalue weighted by Crippen LogP contribution is 2.43. The molecule has 0 radical (unpaired) electrons. The van der Waals surface area contributed by atoms with E-state index < -0.39 is 11.8 Å². The number of anilines is 2. The number of nitrogens with zero attached hydrogens (tertiary/aromatic N) is 5. The Labute approximate surface area is 222 Å². The van der Waals surface area contributed by atoms with Crippen molar-refractivity contribution in [3.05, 3.63) is 78.5 Å². The third-order valence-electron chi connectivity index (χ3n) is 7.51. The molecule has 2 aromatic carbocycles. The first-order chi connectivity index (χ1) is 18.8. The number of nitrogens with one attached hydrogen (secondary N) is 2. The maximum atomic E-state index is 13.3. The van der Waals surface area contributed by atoms with Gasteiger partial charge in [0.2, 0.25) is 11.8 Å². The molecule has 10 heteroatoms. The highest BCUT2D eigenvalue weighted by atomic mass is 19.3. The molecular formula is C29H25F2N7O. The molecule has 7 rings (SSSR count). The molecule has 8 nitrogen and oxygen atoms in total. The predicted molar refractivity (Wildman–Crippen MR) is 144 cm³/mol. The van der Waals surface area contributed by atoms with Crippen LogP contribution in [0.3, 0.4) is 0 Å². The van der Waals surface area contributed by atoms with Gasteiger partial charge >= 0.3 is 0 Å². The Bertz CT molecular complexity index is 1700. The van der Waals surface area contributed by atoms with E-state index >= 15 is 0 Å². The van der Waals surface area contributed by atoms with E-state index in [9.17, 15) is 13.6 Å². The van der Waals surface area contributed by atoms with E-state index in [-0.39, 0.29) is 18.7 Å². The molecule has 0 spiro atoms. The molecule has 0 saturated heterocycles. The first-order valence-electron chi connectivity index (χ1n) is 12.8. The third kappa shape index (κ3) is 4.36. The van der Waals surface area contributed by atoms with Gasteiger partial charge in [0.15, 0.2) is 5.82 Å². The van der Waals surface area contributed by atoms with E-state index in [0.29, 0.717) is 5.82 Å². The lowest BCUT2D eigenvalue weighted by molar-refractivity contribution is -0.0999. The minimum atomic E-state index is -2.73. The Balaban J connectivity index is 1.19. The van der Waals surface area contributed by atoms with Gasteiger partial charge in [-0.25, -0.2) is 18.7 Å². The van der Waals surface area contributed by atoms with Gasteiger partial charge in [0.05, 0.1) is 17.8 Å². The maximum absolute atomic E-state index is 13.3. The molecule has 0 bridgehead atoms. The average molecular weight is 526 g/mol. The molecule has 0 unspecified atom stereocenters. The van der Waals surface area contributed by atoms with Crippen LogP contribution >= 0.6 is 0 Å². The van der Waals surface area contributed by atoms with E-state index in [4.69, 9.17) is 9.97 Å². The topological polar surface area (TPSA) is 91.7 Å². The SMILES string of the molecule is CN1Cc2nc(-c3ccc4cn(C(=O)C5CC(F)(F)C5)cc4c3)nc(Nc3ccc(-c4cn[nH]c4)cc3)c2C1. The van der Waals surface area contributed by atoms with Gasteiger partial charge in [-0.2, -0.15) is 5.10 Å². The van der Waals surface area contributed by atoms with Crippen LogP contribution in [0, 0.1) is 5.92 Å². The predicted octanol–water partition coefficient (Wildman–Crippen LogP) is 5.86. The van der Waals surface area contributed by atoms with Crippen LogP contribution in [-0.4, -0.2) is 48.5 Å². The van der Waals surface area contributed by atoms with Crippen molar-refractivity contribution in [3.8, 4) is 22.5 Å². The van der Waals surface area contributed by atoms with Gasteiger partial charge < -0.3 is 5.32 Å². The standard InChI is InChI=1S/C29H25F2N7O/c1-37-15-24-25(16-37)35-26(36-27(24)34-23-6-4-17(5-7-23)22-11-32-33-12-22)18-2-3-19-13-38(14-20(19)8-18)28(39)21-9-29(30,31)10-21/h2-8,11-14,21H,9-10,15-16H2,1H3,(H,32,33)(H,34,35,36). The summed E-state index contributed by atoms with van der Waals surface area (Å²) in [6.07, 6.45) is 6.29. The van der Waals surface area contributed by atoms with Crippen LogP contribution in [0.4, 0.5) is 20.3 Å². The van der Waals surface area contributed by atoms with Crippen molar-refractivity contribution in [1.29, 1.82) is 0 Å². The van der Waals surface area contributed by atoms with Crippen molar-refractivity contribution >= 4 is 28.2 Å². The Kier molecular flexibility index (Phi) is 5.34. The van der Waals surface area contributed by atoms with Gasteiger partial charge in [-0.3, -0.25) is 19.4 Å². The molecule has 0 atom stereocenters. The quantitative estimate of drug-likeness (QED) is 0.299. The summed E-state index contributed by atoms with van der Waals surface area (Å²) in [6, 6.07) is 13.9. The number of alkyl halides is 2. The van der Waals surface area contributed by atoms with Gasteiger partial charge in [0, 0.05) is 72.3 Å². The molecule has 3 aromatic heterocycles. The molecule has 2 aliphatic rings. The number of carbonyl (C=O) groups excluding carboxylic acids is 1. The fraction of sp³-hybridized carbons (Fsp3) is 0.241. The first-order valence-corrected chi connectivity index (χ1v) is 12.8. The average Bonchev–Trinajstić information content (AvgIpc) is 3.66. The summed E-state index contributed by atoms with van der Waals surface area (Å²) < 4.78 is 28.0. The largest absolute Gasteiger partial charge is 0.340 e. The van der Waals surface area contributed by atoms with E-state index in [1.54, 1.807) is 18.6 Å². The molecule has 0 amide bonds. The summed E-state index contributed by atoms with van der Waals surface area (Å²) in [6.45, 7) is 1.47. The number of aromatic amines is 1. The number of hydrogen-bond acceptors (Lipinski definition) is 6. The van der Waals surface area contributed by atoms with Crippen molar-refractivity contribution < 1.29 is 13.6 Å². The Morgan fingerprint density at radius 1 is 1.00 bits per heavy atom. The number of hydrogen-bond donors (Lipinski definition) is 2. The van der Waals surface area contributed by atoms with E-state index in [0.717, 1.165) is 63.3 Å². The minimum absolute atomic E-state index is 0.291. The number of aromatic nitrogens is 5. The number of H-pyrrole nitrogens is 1. The van der Waals surface area contributed by atoms with Crippen molar-refractivity contribution in [2.75, 3.05) is 12.4 Å². The number of rotatable bonds is 5. The number of fused-ring (bicyclic) bond motifs is 2. The fourth-order valence-electron chi connectivity index (χ4n) is 5.39. The Morgan fingerprint density at radius 2 is 1.77 bits per heavy atom. The zero-order valence-corrected chi connectivity index (χ0v) is 21.2. The second-order valence-electron chi connectivity index (χ2n) is 10.5. The smallest absolute Gasteiger partial charge is 0.249 e. The van der Waals surface area contributed by atoms with Crippen LogP contribution in [0.15, 0.2) is 67.3 Å². The summed E-state index contributed by atoms with van der Waals surface area (Å²) in [4.78, 5) is 24.7. The van der Waals surface area contributed by atoms with Gasteiger partial charge in [0.1, 0.15) is 5.82 Å². The zero-order valence-electron chi connectivity index (χ0n) is 21.2. The summed E-state index contributed by atoms with van der Waals surface area (Å²) in [5.41, 5.74) is 5.85. The normalized spacial score (nSPS) is 16.8. The van der Waals surface area contributed by atoms with Gasteiger partial charge in [0.25, 0.3) is 0 Å². The lowest BCUT2D eigenvalue weighted by Gasteiger charge is -2.33. The monoisotopic (exact) mass is 525 g/mol. The summed E-state index contributed by atoms with van der Waals surface area (Å²) >= 11 is 0. The molecule has 2 N–H and O–H groups in total. The summed E-state index contributed by atoms with van der Waals surface area (Å²) in [5.74, 6) is -2.32. The van der Waals surface area contributed by atoms with Crippen molar-refractivity contribution in [2.45, 2.75) is 31.9 Å². The van der Waals surface area contributed by atoms with Crippen molar-refractivity contribution in [2.24, 2.45) is 5.92 Å². The lowest BCUT2D eigenvalue weighted by atomic mass is 9.81. The molecule has 1 aliphatic carbocycles. The second kappa shape index (κ2) is 8.81. The van der Waals surface area contributed by atoms with Crippen molar-refractivity contribution in [3.63, 3.8) is 0 Å². The van der Waals surface area contributed by atoms with E-state index in [2.05, 4.69) is 27.5 Å². The van der Waals surface area contributed by atoms with Crippen LogP contribution < -0.4 is 5.32 Å². The van der Waals surface area contributed by atoms with Gasteiger partial charge in [-0.05, 0) is 36.2 Å².